The van der Waals surface area contributed by atoms with E-state index in [1.54, 1.807) is 23.1 Å². The summed E-state index contributed by atoms with van der Waals surface area (Å²) in [5.74, 6) is 0. The van der Waals surface area contributed by atoms with Crippen molar-refractivity contribution in [3.05, 3.63) is 45.3 Å². The maximum Gasteiger partial charge on any atom is 0.0972 e. The Morgan fingerprint density at radius 1 is 1.30 bits per heavy atom. The van der Waals surface area contributed by atoms with Gasteiger partial charge in [-0.1, -0.05) is 18.7 Å². The van der Waals surface area contributed by atoms with Crippen LogP contribution in [0.1, 0.15) is 40.3 Å². The largest absolute Gasteiger partial charge is 0.326 e. The third-order valence-corrected chi connectivity index (χ3v) is 5.88. The standard InChI is InChI=1S/C16H22N2S2/c1-5-13(17)16(15-11(3)6-7-19-15)20-14-9-10(2)8-12(4)18-14/h6-9,13,16H,5,17H2,1-4H3. The molecule has 0 bridgehead atoms. The third-order valence-electron chi connectivity index (χ3n) is 3.34. The van der Waals surface area contributed by atoms with Gasteiger partial charge in [0, 0.05) is 16.6 Å². The van der Waals surface area contributed by atoms with E-state index in [0.29, 0.717) is 0 Å². The lowest BCUT2D eigenvalue weighted by Crippen LogP contribution is -2.25. The second kappa shape index (κ2) is 6.74. The fourth-order valence-corrected chi connectivity index (χ4v) is 4.88. The van der Waals surface area contributed by atoms with E-state index < -0.39 is 0 Å². The Bertz CT molecular complexity index is 557. The predicted molar refractivity (Wildman–Crippen MR) is 89.6 cm³/mol. The van der Waals surface area contributed by atoms with Crippen LogP contribution in [0.5, 0.6) is 0 Å². The molecule has 2 aromatic rings. The molecule has 0 amide bonds. The number of pyridine rings is 1. The van der Waals surface area contributed by atoms with E-state index in [1.807, 2.05) is 6.92 Å². The number of nitrogens with two attached hydrogens (primary N) is 1. The molecule has 2 rings (SSSR count). The van der Waals surface area contributed by atoms with Crippen molar-refractivity contribution in [2.24, 2.45) is 5.73 Å². The second-order valence-corrected chi connectivity index (χ2v) is 7.31. The van der Waals surface area contributed by atoms with Gasteiger partial charge >= 0.3 is 0 Å². The first-order chi connectivity index (χ1) is 9.51. The number of hydrogen-bond acceptors (Lipinski definition) is 4. The normalized spacial score (nSPS) is 14.2. The quantitative estimate of drug-likeness (QED) is 0.818. The van der Waals surface area contributed by atoms with Gasteiger partial charge in [0.2, 0.25) is 0 Å². The first-order valence-electron chi connectivity index (χ1n) is 6.92. The number of nitrogens with zero attached hydrogens (tertiary/aromatic N) is 1. The molecule has 0 aliphatic rings. The van der Waals surface area contributed by atoms with Crippen molar-refractivity contribution in [3.8, 4) is 0 Å². The molecule has 0 saturated carbocycles. The Hall–Kier alpha value is -0.840. The summed E-state index contributed by atoms with van der Waals surface area (Å²) in [5, 5.41) is 3.51. The number of hydrogen-bond donors (Lipinski definition) is 1. The number of rotatable bonds is 5. The molecular weight excluding hydrogens is 284 g/mol. The molecule has 0 aromatic carbocycles. The summed E-state index contributed by atoms with van der Waals surface area (Å²) in [4.78, 5) is 6.02. The smallest absolute Gasteiger partial charge is 0.0972 e. The minimum atomic E-state index is 0.153. The van der Waals surface area contributed by atoms with Crippen LogP contribution in [0.4, 0.5) is 0 Å². The maximum absolute atomic E-state index is 6.36. The van der Waals surface area contributed by atoms with E-state index in [-0.39, 0.29) is 11.3 Å². The van der Waals surface area contributed by atoms with E-state index in [1.165, 1.54) is 16.0 Å². The molecule has 2 aromatic heterocycles. The topological polar surface area (TPSA) is 38.9 Å². The Morgan fingerprint density at radius 3 is 2.60 bits per heavy atom. The SMILES string of the molecule is CCC(N)C(Sc1cc(C)cc(C)n1)c1sccc1C. The molecule has 0 saturated heterocycles. The molecule has 0 aliphatic heterocycles. The van der Waals surface area contributed by atoms with Gasteiger partial charge in [0.05, 0.1) is 10.3 Å². The van der Waals surface area contributed by atoms with Crippen LogP contribution in [-0.2, 0) is 0 Å². The molecule has 2 nitrogen and oxygen atoms in total. The third kappa shape index (κ3) is 3.62. The molecular formula is C16H22N2S2. The van der Waals surface area contributed by atoms with Crippen LogP contribution in [0.25, 0.3) is 0 Å². The van der Waals surface area contributed by atoms with Crippen molar-refractivity contribution in [1.29, 1.82) is 0 Å². The zero-order valence-electron chi connectivity index (χ0n) is 12.5. The van der Waals surface area contributed by atoms with E-state index in [9.17, 15) is 0 Å². The summed E-state index contributed by atoms with van der Waals surface area (Å²) in [5.41, 5.74) is 10.0. The molecule has 0 radical (unpaired) electrons. The van der Waals surface area contributed by atoms with Crippen molar-refractivity contribution in [2.45, 2.75) is 50.4 Å². The highest BCUT2D eigenvalue weighted by molar-refractivity contribution is 7.99. The summed E-state index contributed by atoms with van der Waals surface area (Å²) in [6, 6.07) is 6.58. The summed E-state index contributed by atoms with van der Waals surface area (Å²) in [6.45, 7) is 8.47. The fraction of sp³-hybridized carbons (Fsp3) is 0.438. The van der Waals surface area contributed by atoms with Gasteiger partial charge in [0.1, 0.15) is 0 Å². The van der Waals surface area contributed by atoms with Crippen LogP contribution in [0.15, 0.2) is 28.6 Å². The highest BCUT2D eigenvalue weighted by atomic mass is 32.2. The summed E-state index contributed by atoms with van der Waals surface area (Å²) in [7, 11) is 0. The highest BCUT2D eigenvalue weighted by Crippen LogP contribution is 2.41. The molecule has 0 fully saturated rings. The Morgan fingerprint density at radius 2 is 2.05 bits per heavy atom. The van der Waals surface area contributed by atoms with E-state index >= 15 is 0 Å². The number of thiophene rings is 1. The highest BCUT2D eigenvalue weighted by Gasteiger charge is 2.23. The van der Waals surface area contributed by atoms with Crippen molar-refractivity contribution >= 4 is 23.1 Å². The molecule has 2 atom stereocenters. The van der Waals surface area contributed by atoms with Crippen molar-refractivity contribution in [1.82, 2.24) is 4.98 Å². The van der Waals surface area contributed by atoms with E-state index in [0.717, 1.165) is 17.1 Å². The fourth-order valence-electron chi connectivity index (χ4n) is 2.22. The van der Waals surface area contributed by atoms with Crippen LogP contribution in [0.2, 0.25) is 0 Å². The molecule has 0 aliphatic carbocycles. The van der Waals surface area contributed by atoms with Crippen LogP contribution < -0.4 is 5.73 Å². The van der Waals surface area contributed by atoms with Crippen molar-refractivity contribution < 1.29 is 0 Å². The van der Waals surface area contributed by atoms with Crippen molar-refractivity contribution in [3.63, 3.8) is 0 Å². The number of thioether (sulfide) groups is 1. The second-order valence-electron chi connectivity index (χ2n) is 5.20. The first-order valence-corrected chi connectivity index (χ1v) is 8.68. The predicted octanol–water partition coefficient (Wildman–Crippen LogP) is 4.64. The first kappa shape index (κ1) is 15.5. The van der Waals surface area contributed by atoms with Crippen molar-refractivity contribution in [2.75, 3.05) is 0 Å². The Labute approximate surface area is 129 Å². The molecule has 0 spiro atoms. The molecule has 20 heavy (non-hydrogen) atoms. The lowest BCUT2D eigenvalue weighted by molar-refractivity contribution is 0.637. The Kier molecular flexibility index (Phi) is 5.24. The molecule has 2 N–H and O–H groups in total. The molecule has 2 unspecified atom stereocenters. The van der Waals surface area contributed by atoms with Crippen LogP contribution >= 0.6 is 23.1 Å². The lowest BCUT2D eigenvalue weighted by Gasteiger charge is -2.22. The average molecular weight is 307 g/mol. The maximum atomic E-state index is 6.36. The lowest BCUT2D eigenvalue weighted by atomic mass is 10.1. The van der Waals surface area contributed by atoms with Gasteiger partial charge < -0.3 is 5.73 Å². The van der Waals surface area contributed by atoms with Gasteiger partial charge in [0.15, 0.2) is 0 Å². The minimum absolute atomic E-state index is 0.153. The summed E-state index contributed by atoms with van der Waals surface area (Å²) >= 11 is 3.60. The van der Waals surface area contributed by atoms with Gasteiger partial charge in [0.25, 0.3) is 0 Å². The van der Waals surface area contributed by atoms with Gasteiger partial charge in [-0.15, -0.1) is 11.3 Å². The zero-order chi connectivity index (χ0) is 14.7. The molecule has 2 heterocycles. The van der Waals surface area contributed by atoms with E-state index in [2.05, 4.69) is 49.3 Å². The Balaban J connectivity index is 2.31. The van der Waals surface area contributed by atoms with Gasteiger partial charge in [-0.25, -0.2) is 4.98 Å². The summed E-state index contributed by atoms with van der Waals surface area (Å²) in [6.07, 6.45) is 0.972. The average Bonchev–Trinajstić information content (AvgIpc) is 2.80. The number of aromatic nitrogens is 1. The number of aryl methyl sites for hydroxylation is 3. The van der Waals surface area contributed by atoms with Crippen LogP contribution in [-0.4, -0.2) is 11.0 Å². The van der Waals surface area contributed by atoms with Gasteiger partial charge in [-0.2, -0.15) is 0 Å². The van der Waals surface area contributed by atoms with E-state index in [4.69, 9.17) is 5.73 Å². The monoisotopic (exact) mass is 306 g/mol. The van der Waals surface area contributed by atoms with Gasteiger partial charge in [-0.3, -0.25) is 0 Å². The zero-order valence-corrected chi connectivity index (χ0v) is 14.1. The minimum Gasteiger partial charge on any atom is -0.326 e. The van der Waals surface area contributed by atoms with Crippen LogP contribution in [0.3, 0.4) is 0 Å². The molecule has 108 valence electrons. The van der Waals surface area contributed by atoms with Gasteiger partial charge in [-0.05, 0) is 61.9 Å². The molecule has 4 heteroatoms. The summed E-state index contributed by atoms with van der Waals surface area (Å²) < 4.78 is 0. The van der Waals surface area contributed by atoms with Crippen LogP contribution in [0, 0.1) is 20.8 Å².